The van der Waals surface area contributed by atoms with E-state index in [1.54, 1.807) is 23.1 Å². The number of methoxy groups -OCH3 is 2. The summed E-state index contributed by atoms with van der Waals surface area (Å²) in [6, 6.07) is 6.40. The monoisotopic (exact) mass is 415 g/mol. The number of ketones is 1. The molecule has 1 aliphatic heterocycles. The Labute approximate surface area is 174 Å². The molecule has 2 aromatic rings. The van der Waals surface area contributed by atoms with E-state index in [2.05, 4.69) is 0 Å². The number of aliphatic hydroxyl groups is 1. The fourth-order valence-corrected chi connectivity index (χ4v) is 4.64. The summed E-state index contributed by atoms with van der Waals surface area (Å²) in [5, 5.41) is 13.2. The molecule has 1 saturated heterocycles. The molecule has 3 rings (SSSR count). The van der Waals surface area contributed by atoms with Crippen LogP contribution in [0.4, 0.5) is 0 Å². The van der Waals surface area contributed by atoms with Crippen LogP contribution in [0.1, 0.15) is 41.8 Å². The standard InChI is InChI=1S/C22H25NO5S/c1-5-6-11-23-18(21-13(2)10-12-29-21)17(20(25)22(23)26)19(24)16-14(27-3)8-7-9-15(16)28-4/h7-10,12,18,24H,5-6,11H2,1-4H3/b19-17+. The molecular weight excluding hydrogens is 390 g/mol. The van der Waals surface area contributed by atoms with E-state index < -0.39 is 17.7 Å². The van der Waals surface area contributed by atoms with Crippen LogP contribution in [0.2, 0.25) is 0 Å². The molecule has 7 heteroatoms. The molecule has 1 unspecified atom stereocenters. The molecule has 29 heavy (non-hydrogen) atoms. The summed E-state index contributed by atoms with van der Waals surface area (Å²) < 4.78 is 10.8. The average molecular weight is 416 g/mol. The molecule has 0 bridgehead atoms. The number of likely N-dealkylation sites (tertiary alicyclic amines) is 1. The van der Waals surface area contributed by atoms with Gasteiger partial charge in [-0.2, -0.15) is 0 Å². The molecule has 6 nitrogen and oxygen atoms in total. The van der Waals surface area contributed by atoms with Crippen molar-refractivity contribution >= 4 is 28.8 Å². The molecule has 0 aliphatic carbocycles. The van der Waals surface area contributed by atoms with Gasteiger partial charge >= 0.3 is 0 Å². The highest BCUT2D eigenvalue weighted by atomic mass is 32.1. The number of ether oxygens (including phenoxy) is 2. The fraction of sp³-hybridized carbons (Fsp3) is 0.364. The highest BCUT2D eigenvalue weighted by molar-refractivity contribution is 7.10. The number of Topliss-reactive ketones (excluding diaryl/α,β-unsaturated/α-hetero) is 1. The smallest absolute Gasteiger partial charge is 0.295 e. The SMILES string of the molecule is CCCCN1C(=O)C(=O)/C(=C(/O)c2c(OC)cccc2OC)C1c1sccc1C. The number of aliphatic hydroxyl groups excluding tert-OH is 1. The number of nitrogens with zero attached hydrogens (tertiary/aromatic N) is 1. The van der Waals surface area contributed by atoms with Gasteiger partial charge in [-0.05, 0) is 42.5 Å². The molecule has 0 saturated carbocycles. The summed E-state index contributed by atoms with van der Waals surface area (Å²) >= 11 is 1.47. The van der Waals surface area contributed by atoms with Crippen molar-refractivity contribution in [2.24, 2.45) is 0 Å². The van der Waals surface area contributed by atoms with Crippen molar-refractivity contribution in [1.82, 2.24) is 4.90 Å². The van der Waals surface area contributed by atoms with Crippen LogP contribution in [0.5, 0.6) is 11.5 Å². The molecule has 0 radical (unpaired) electrons. The lowest BCUT2D eigenvalue weighted by Gasteiger charge is -2.25. The number of hydrogen-bond acceptors (Lipinski definition) is 6. The number of carbonyl (C=O) groups is 2. The number of thiophene rings is 1. The van der Waals surface area contributed by atoms with Crippen molar-refractivity contribution in [3.63, 3.8) is 0 Å². The van der Waals surface area contributed by atoms with Crippen LogP contribution in [-0.4, -0.2) is 42.5 Å². The molecule has 0 spiro atoms. The zero-order chi connectivity index (χ0) is 21.1. The lowest BCUT2D eigenvalue weighted by molar-refractivity contribution is -0.139. The first-order valence-electron chi connectivity index (χ1n) is 9.49. The minimum atomic E-state index is -0.690. The first-order chi connectivity index (χ1) is 14.0. The predicted molar refractivity (Wildman–Crippen MR) is 113 cm³/mol. The second-order valence-electron chi connectivity index (χ2n) is 6.85. The van der Waals surface area contributed by atoms with Crippen LogP contribution in [0.25, 0.3) is 5.76 Å². The Bertz CT molecular complexity index is 940. The fourth-order valence-electron chi connectivity index (χ4n) is 3.60. The molecular formula is C22H25NO5S. The lowest BCUT2D eigenvalue weighted by Crippen LogP contribution is -2.30. The Morgan fingerprint density at radius 2 is 1.83 bits per heavy atom. The van der Waals surface area contributed by atoms with Crippen molar-refractivity contribution in [1.29, 1.82) is 0 Å². The van der Waals surface area contributed by atoms with Gasteiger partial charge in [-0.3, -0.25) is 9.59 Å². The molecule has 1 N–H and O–H groups in total. The van der Waals surface area contributed by atoms with Gasteiger partial charge in [-0.15, -0.1) is 11.3 Å². The Morgan fingerprint density at radius 1 is 1.17 bits per heavy atom. The highest BCUT2D eigenvalue weighted by Gasteiger charge is 2.47. The molecule has 1 aromatic carbocycles. The van der Waals surface area contributed by atoms with Gasteiger partial charge in [-0.1, -0.05) is 19.4 Å². The van der Waals surface area contributed by atoms with Gasteiger partial charge in [0.2, 0.25) is 0 Å². The second-order valence-corrected chi connectivity index (χ2v) is 7.80. The molecule has 1 aliphatic rings. The van der Waals surface area contributed by atoms with Gasteiger partial charge in [0.25, 0.3) is 11.7 Å². The molecule has 1 amide bonds. The zero-order valence-corrected chi connectivity index (χ0v) is 17.8. The lowest BCUT2D eigenvalue weighted by atomic mass is 9.97. The van der Waals surface area contributed by atoms with Gasteiger partial charge in [-0.25, -0.2) is 0 Å². The topological polar surface area (TPSA) is 76.1 Å². The first kappa shape index (κ1) is 20.9. The number of carbonyl (C=O) groups excluding carboxylic acids is 2. The first-order valence-corrected chi connectivity index (χ1v) is 10.4. The van der Waals surface area contributed by atoms with E-state index in [0.717, 1.165) is 23.3 Å². The van der Waals surface area contributed by atoms with Gasteiger partial charge in [0, 0.05) is 11.4 Å². The summed E-state index contributed by atoms with van der Waals surface area (Å²) in [6.07, 6.45) is 1.66. The van der Waals surface area contributed by atoms with Gasteiger partial charge in [0.05, 0.1) is 25.8 Å². The largest absolute Gasteiger partial charge is 0.506 e. The molecule has 2 heterocycles. The number of hydrogen-bond donors (Lipinski definition) is 1. The summed E-state index contributed by atoms with van der Waals surface area (Å²) in [4.78, 5) is 28.3. The third kappa shape index (κ3) is 3.62. The summed E-state index contributed by atoms with van der Waals surface area (Å²) in [5.41, 5.74) is 1.31. The predicted octanol–water partition coefficient (Wildman–Crippen LogP) is 4.30. The maximum atomic E-state index is 13.0. The normalized spacial score (nSPS) is 18.3. The van der Waals surface area contributed by atoms with E-state index >= 15 is 0 Å². The van der Waals surface area contributed by atoms with Crippen LogP contribution in [0.15, 0.2) is 35.2 Å². The Kier molecular flexibility index (Phi) is 6.27. The number of benzene rings is 1. The van der Waals surface area contributed by atoms with E-state index in [4.69, 9.17) is 9.47 Å². The quantitative estimate of drug-likeness (QED) is 0.415. The van der Waals surface area contributed by atoms with Crippen LogP contribution >= 0.6 is 11.3 Å². The maximum absolute atomic E-state index is 13.0. The van der Waals surface area contributed by atoms with E-state index in [0.29, 0.717) is 18.0 Å². The number of amides is 1. The molecule has 154 valence electrons. The van der Waals surface area contributed by atoms with Crippen molar-refractivity contribution < 1.29 is 24.2 Å². The van der Waals surface area contributed by atoms with Gasteiger partial charge < -0.3 is 19.5 Å². The Hall–Kier alpha value is -2.80. The molecule has 1 atom stereocenters. The van der Waals surface area contributed by atoms with Crippen LogP contribution in [0, 0.1) is 6.92 Å². The van der Waals surface area contributed by atoms with E-state index in [-0.39, 0.29) is 16.9 Å². The van der Waals surface area contributed by atoms with Crippen molar-refractivity contribution in [3.8, 4) is 11.5 Å². The summed E-state index contributed by atoms with van der Waals surface area (Å²) in [5.74, 6) is -0.836. The maximum Gasteiger partial charge on any atom is 0.295 e. The molecule has 1 fully saturated rings. The van der Waals surface area contributed by atoms with Gasteiger partial charge in [0.15, 0.2) is 0 Å². The Balaban J connectivity index is 2.26. The third-order valence-electron chi connectivity index (χ3n) is 5.11. The molecule has 1 aromatic heterocycles. The van der Waals surface area contributed by atoms with Crippen LogP contribution in [0.3, 0.4) is 0 Å². The minimum Gasteiger partial charge on any atom is -0.506 e. The summed E-state index contributed by atoms with van der Waals surface area (Å²) in [7, 11) is 2.96. The average Bonchev–Trinajstić information content (AvgIpc) is 3.26. The number of rotatable bonds is 7. The highest BCUT2D eigenvalue weighted by Crippen LogP contribution is 2.45. The van der Waals surface area contributed by atoms with E-state index in [9.17, 15) is 14.7 Å². The minimum absolute atomic E-state index is 0.0689. The van der Waals surface area contributed by atoms with Crippen molar-refractivity contribution in [2.45, 2.75) is 32.7 Å². The zero-order valence-electron chi connectivity index (χ0n) is 17.0. The van der Waals surface area contributed by atoms with Crippen molar-refractivity contribution in [2.75, 3.05) is 20.8 Å². The Morgan fingerprint density at radius 3 is 2.34 bits per heavy atom. The van der Waals surface area contributed by atoms with E-state index in [1.165, 1.54) is 25.6 Å². The van der Waals surface area contributed by atoms with Crippen LogP contribution in [-0.2, 0) is 9.59 Å². The number of aryl methyl sites for hydroxylation is 1. The van der Waals surface area contributed by atoms with Crippen LogP contribution < -0.4 is 9.47 Å². The second kappa shape index (κ2) is 8.69. The van der Waals surface area contributed by atoms with Gasteiger partial charge in [0.1, 0.15) is 22.8 Å². The van der Waals surface area contributed by atoms with E-state index in [1.807, 2.05) is 25.3 Å². The number of unbranched alkanes of at least 4 members (excludes halogenated alkanes) is 1. The van der Waals surface area contributed by atoms with Crippen molar-refractivity contribution in [3.05, 3.63) is 51.2 Å². The third-order valence-corrected chi connectivity index (χ3v) is 6.18. The summed E-state index contributed by atoms with van der Waals surface area (Å²) in [6.45, 7) is 4.42.